The second-order valence-corrected chi connectivity index (χ2v) is 7.08. The number of carbonyl (C=O) groups excluding carboxylic acids is 1. The zero-order chi connectivity index (χ0) is 19.2. The highest BCUT2D eigenvalue weighted by atomic mass is 19.1. The van der Waals surface area contributed by atoms with Gasteiger partial charge in [-0.2, -0.15) is 0 Å². The fraction of sp³-hybridized carbons (Fsp3) is 0.381. The van der Waals surface area contributed by atoms with E-state index < -0.39 is 0 Å². The minimum atomic E-state index is -0.263. The van der Waals surface area contributed by atoms with Crippen LogP contribution in [-0.2, 0) is 0 Å². The Hall–Kier alpha value is -2.60. The molecule has 1 aliphatic heterocycles. The normalized spacial score (nSPS) is 15.0. The van der Waals surface area contributed by atoms with Crippen LogP contribution in [0.4, 0.5) is 20.6 Å². The number of halogens is 1. The number of carbonyl (C=O) groups is 1. The summed E-state index contributed by atoms with van der Waals surface area (Å²) >= 11 is 0. The van der Waals surface area contributed by atoms with Gasteiger partial charge in [0.2, 0.25) is 0 Å². The molecule has 0 bridgehead atoms. The van der Waals surface area contributed by atoms with Gasteiger partial charge in [0, 0.05) is 19.6 Å². The van der Waals surface area contributed by atoms with E-state index >= 15 is 0 Å². The number of nitrogens with one attached hydrogen (secondary N) is 2. The van der Waals surface area contributed by atoms with Crippen molar-refractivity contribution in [2.24, 2.45) is 0 Å². The SMILES string of the molecule is CN(C)[C@H](CNC(=O)Nc1ccccc1N1CCCC1)c1ccc(F)cc1. The molecular formula is C21H27FN4O. The molecule has 0 aliphatic carbocycles. The maximum absolute atomic E-state index is 13.2. The van der Waals surface area contributed by atoms with Crippen LogP contribution in [0, 0.1) is 5.82 Å². The van der Waals surface area contributed by atoms with Crippen LogP contribution in [0.1, 0.15) is 24.4 Å². The molecule has 1 atom stereocenters. The van der Waals surface area contributed by atoms with Gasteiger partial charge in [-0.25, -0.2) is 9.18 Å². The zero-order valence-electron chi connectivity index (χ0n) is 15.9. The second-order valence-electron chi connectivity index (χ2n) is 7.08. The van der Waals surface area contributed by atoms with Gasteiger partial charge < -0.3 is 20.4 Å². The predicted octanol–water partition coefficient (Wildman–Crippen LogP) is 3.85. The standard InChI is InChI=1S/C21H27FN4O/c1-25(2)20(16-9-11-17(22)12-10-16)15-23-21(27)24-18-7-3-4-8-19(18)26-13-5-6-14-26/h3-4,7-12,20H,5-6,13-15H2,1-2H3,(H2,23,24,27)/t20-/m1/s1. The molecule has 0 aromatic heterocycles. The maximum Gasteiger partial charge on any atom is 0.319 e. The summed E-state index contributed by atoms with van der Waals surface area (Å²) in [6.45, 7) is 2.47. The van der Waals surface area contributed by atoms with Crippen LogP contribution in [0.5, 0.6) is 0 Å². The Balaban J connectivity index is 1.63. The van der Waals surface area contributed by atoms with Crippen molar-refractivity contribution in [3.63, 3.8) is 0 Å². The van der Waals surface area contributed by atoms with Gasteiger partial charge in [-0.05, 0) is 56.8 Å². The van der Waals surface area contributed by atoms with Crippen molar-refractivity contribution in [3.05, 3.63) is 59.9 Å². The number of urea groups is 1. The van der Waals surface area contributed by atoms with E-state index in [1.165, 1.54) is 25.0 Å². The van der Waals surface area contributed by atoms with Gasteiger partial charge in [0.25, 0.3) is 0 Å². The molecule has 1 heterocycles. The van der Waals surface area contributed by atoms with E-state index in [1.807, 2.05) is 43.3 Å². The summed E-state index contributed by atoms with van der Waals surface area (Å²) in [4.78, 5) is 16.8. The summed E-state index contributed by atoms with van der Waals surface area (Å²) in [5.74, 6) is -0.263. The first-order chi connectivity index (χ1) is 13.0. The highest BCUT2D eigenvalue weighted by Gasteiger charge is 2.18. The van der Waals surface area contributed by atoms with Crippen molar-refractivity contribution in [3.8, 4) is 0 Å². The van der Waals surface area contributed by atoms with Crippen molar-refractivity contribution < 1.29 is 9.18 Å². The summed E-state index contributed by atoms with van der Waals surface area (Å²) in [5.41, 5.74) is 2.84. The molecule has 0 spiro atoms. The predicted molar refractivity (Wildman–Crippen MR) is 108 cm³/mol. The van der Waals surface area contributed by atoms with Gasteiger partial charge >= 0.3 is 6.03 Å². The molecule has 0 saturated carbocycles. The minimum absolute atomic E-state index is 0.0369. The summed E-state index contributed by atoms with van der Waals surface area (Å²) in [6.07, 6.45) is 2.37. The smallest absolute Gasteiger partial charge is 0.319 e. The van der Waals surface area contributed by atoms with Crippen molar-refractivity contribution in [2.45, 2.75) is 18.9 Å². The topological polar surface area (TPSA) is 47.6 Å². The highest BCUT2D eigenvalue weighted by Crippen LogP contribution is 2.28. The van der Waals surface area contributed by atoms with Crippen molar-refractivity contribution in [1.29, 1.82) is 0 Å². The van der Waals surface area contributed by atoms with Crippen LogP contribution in [-0.4, -0.2) is 44.7 Å². The highest BCUT2D eigenvalue weighted by molar-refractivity contribution is 5.93. The molecule has 144 valence electrons. The Kier molecular flexibility index (Phi) is 6.29. The van der Waals surface area contributed by atoms with Crippen LogP contribution in [0.3, 0.4) is 0 Å². The maximum atomic E-state index is 13.2. The fourth-order valence-corrected chi connectivity index (χ4v) is 3.45. The fourth-order valence-electron chi connectivity index (χ4n) is 3.45. The molecule has 2 amide bonds. The summed E-state index contributed by atoms with van der Waals surface area (Å²) in [6, 6.07) is 14.0. The number of hydrogen-bond acceptors (Lipinski definition) is 3. The molecule has 27 heavy (non-hydrogen) atoms. The van der Waals surface area contributed by atoms with Gasteiger partial charge in [0.1, 0.15) is 5.82 Å². The third kappa shape index (κ3) is 4.98. The number of anilines is 2. The van der Waals surface area contributed by atoms with Gasteiger partial charge in [-0.1, -0.05) is 24.3 Å². The third-order valence-electron chi connectivity index (χ3n) is 4.93. The van der Waals surface area contributed by atoms with Crippen molar-refractivity contribution in [1.82, 2.24) is 10.2 Å². The molecule has 1 fully saturated rings. The molecule has 3 rings (SSSR count). The molecule has 2 N–H and O–H groups in total. The average molecular weight is 370 g/mol. The van der Waals surface area contributed by atoms with Crippen LogP contribution < -0.4 is 15.5 Å². The van der Waals surface area contributed by atoms with E-state index in [4.69, 9.17) is 0 Å². The molecule has 0 radical (unpaired) electrons. The largest absolute Gasteiger partial charge is 0.370 e. The first-order valence-electron chi connectivity index (χ1n) is 9.35. The monoisotopic (exact) mass is 370 g/mol. The Morgan fingerprint density at radius 3 is 2.44 bits per heavy atom. The van der Waals surface area contributed by atoms with Crippen LogP contribution in [0.25, 0.3) is 0 Å². The molecule has 1 saturated heterocycles. The van der Waals surface area contributed by atoms with E-state index in [0.29, 0.717) is 6.54 Å². The molecule has 0 unspecified atom stereocenters. The summed E-state index contributed by atoms with van der Waals surface area (Å²) in [7, 11) is 3.88. The number of rotatable bonds is 6. The van der Waals surface area contributed by atoms with Gasteiger partial charge in [-0.15, -0.1) is 0 Å². The molecule has 1 aliphatic rings. The molecule has 2 aromatic carbocycles. The van der Waals surface area contributed by atoms with Crippen LogP contribution in [0.15, 0.2) is 48.5 Å². The quantitative estimate of drug-likeness (QED) is 0.812. The van der Waals surface area contributed by atoms with E-state index in [2.05, 4.69) is 15.5 Å². The van der Waals surface area contributed by atoms with E-state index in [-0.39, 0.29) is 17.9 Å². The van der Waals surface area contributed by atoms with Crippen molar-refractivity contribution >= 4 is 17.4 Å². The van der Waals surface area contributed by atoms with E-state index in [0.717, 1.165) is 30.0 Å². The zero-order valence-corrected chi connectivity index (χ0v) is 15.9. The number of benzene rings is 2. The number of likely N-dealkylation sites (N-methyl/N-ethyl adjacent to an activating group) is 1. The van der Waals surface area contributed by atoms with Crippen molar-refractivity contribution in [2.75, 3.05) is 43.9 Å². The summed E-state index contributed by atoms with van der Waals surface area (Å²) < 4.78 is 13.2. The van der Waals surface area contributed by atoms with E-state index in [1.54, 1.807) is 12.1 Å². The second kappa shape index (κ2) is 8.86. The van der Waals surface area contributed by atoms with Crippen LogP contribution >= 0.6 is 0 Å². The van der Waals surface area contributed by atoms with Gasteiger partial charge in [-0.3, -0.25) is 0 Å². The lowest BCUT2D eigenvalue weighted by Crippen LogP contribution is -2.37. The molecule has 5 nitrogen and oxygen atoms in total. The lowest BCUT2D eigenvalue weighted by molar-refractivity contribution is 0.243. The molecule has 6 heteroatoms. The Morgan fingerprint density at radius 2 is 1.78 bits per heavy atom. The summed E-state index contributed by atoms with van der Waals surface area (Å²) in [5, 5.41) is 5.91. The van der Waals surface area contributed by atoms with Gasteiger partial charge in [0.05, 0.1) is 17.4 Å². The average Bonchev–Trinajstić information content (AvgIpc) is 3.18. The van der Waals surface area contributed by atoms with Crippen LogP contribution in [0.2, 0.25) is 0 Å². The lowest BCUT2D eigenvalue weighted by Gasteiger charge is -2.26. The first-order valence-corrected chi connectivity index (χ1v) is 9.35. The minimum Gasteiger partial charge on any atom is -0.370 e. The van der Waals surface area contributed by atoms with E-state index in [9.17, 15) is 9.18 Å². The number of para-hydroxylation sites is 2. The first kappa shape index (κ1) is 19.2. The lowest BCUT2D eigenvalue weighted by atomic mass is 10.1. The number of hydrogen-bond donors (Lipinski definition) is 2. The Morgan fingerprint density at radius 1 is 1.11 bits per heavy atom. The Labute approximate surface area is 160 Å². The number of amides is 2. The van der Waals surface area contributed by atoms with Gasteiger partial charge in [0.15, 0.2) is 0 Å². The third-order valence-corrected chi connectivity index (χ3v) is 4.93. The number of nitrogens with zero attached hydrogens (tertiary/aromatic N) is 2. The molecule has 2 aromatic rings. The Bertz CT molecular complexity index is 757. The molecular weight excluding hydrogens is 343 g/mol.